The summed E-state index contributed by atoms with van der Waals surface area (Å²) in [5.41, 5.74) is 1.56. The van der Waals surface area contributed by atoms with Gasteiger partial charge in [-0.05, 0) is 24.1 Å². The highest BCUT2D eigenvalue weighted by Gasteiger charge is 2.12. The van der Waals surface area contributed by atoms with Gasteiger partial charge in [-0.2, -0.15) is 0 Å². The number of hydrogen-bond acceptors (Lipinski definition) is 5. The normalized spacial score (nSPS) is 10.0. The molecule has 0 bridgehead atoms. The second kappa shape index (κ2) is 5.72. The third kappa shape index (κ3) is 3.00. The van der Waals surface area contributed by atoms with Crippen molar-refractivity contribution in [3.8, 4) is 0 Å². The van der Waals surface area contributed by atoms with Crippen LogP contribution < -0.4 is 5.32 Å². The molecule has 92 valence electrons. The van der Waals surface area contributed by atoms with Crippen molar-refractivity contribution in [2.75, 3.05) is 11.9 Å². The van der Waals surface area contributed by atoms with Gasteiger partial charge < -0.3 is 5.32 Å². The van der Waals surface area contributed by atoms with E-state index in [1.54, 1.807) is 18.5 Å². The first-order valence-corrected chi connectivity index (χ1v) is 5.48. The fraction of sp³-hybridized carbons (Fsp3) is 0.167. The van der Waals surface area contributed by atoms with E-state index in [0.29, 0.717) is 12.2 Å². The highest BCUT2D eigenvalue weighted by atomic mass is 16.6. The number of nitro groups is 1. The minimum absolute atomic E-state index is 0.0105. The van der Waals surface area contributed by atoms with Gasteiger partial charge in [-0.25, -0.2) is 0 Å². The van der Waals surface area contributed by atoms with Crippen molar-refractivity contribution < 1.29 is 4.92 Å². The second-order valence-electron chi connectivity index (χ2n) is 3.69. The van der Waals surface area contributed by atoms with Gasteiger partial charge in [0.1, 0.15) is 11.9 Å². The first kappa shape index (κ1) is 12.0. The summed E-state index contributed by atoms with van der Waals surface area (Å²) in [4.78, 5) is 18.1. The summed E-state index contributed by atoms with van der Waals surface area (Å²) in [6.45, 7) is 0.608. The van der Waals surface area contributed by atoms with E-state index >= 15 is 0 Å². The summed E-state index contributed by atoms with van der Waals surface area (Å²) in [6.07, 6.45) is 7.02. The van der Waals surface area contributed by atoms with Crippen molar-refractivity contribution in [3.05, 3.63) is 58.7 Å². The van der Waals surface area contributed by atoms with Crippen LogP contribution in [0.2, 0.25) is 0 Å². The molecule has 2 aromatic heterocycles. The van der Waals surface area contributed by atoms with Crippen LogP contribution in [0, 0.1) is 10.1 Å². The fourth-order valence-electron chi connectivity index (χ4n) is 1.57. The minimum atomic E-state index is -0.445. The molecule has 0 saturated heterocycles. The molecule has 1 N–H and O–H groups in total. The van der Waals surface area contributed by atoms with Gasteiger partial charge in [0, 0.05) is 25.1 Å². The lowest BCUT2D eigenvalue weighted by atomic mass is 10.2. The van der Waals surface area contributed by atoms with Gasteiger partial charge >= 0.3 is 5.69 Å². The van der Waals surface area contributed by atoms with Crippen LogP contribution in [0.5, 0.6) is 0 Å². The SMILES string of the molecule is O=[N+]([O-])c1cnccc1NCCc1cccnc1. The standard InChI is InChI=1S/C12H12N4O2/c17-16(18)12-9-14-6-4-11(12)15-7-3-10-2-1-5-13-8-10/h1-2,4-6,8-9H,3,7H2,(H,14,15). The summed E-state index contributed by atoms with van der Waals surface area (Å²) in [6, 6.07) is 5.43. The molecule has 6 heteroatoms. The van der Waals surface area contributed by atoms with Crippen LogP contribution in [0.3, 0.4) is 0 Å². The molecule has 0 unspecified atom stereocenters. The van der Waals surface area contributed by atoms with E-state index in [9.17, 15) is 10.1 Å². The van der Waals surface area contributed by atoms with Gasteiger partial charge in [-0.1, -0.05) is 6.07 Å². The molecule has 2 heterocycles. The molecule has 0 aliphatic heterocycles. The molecule has 18 heavy (non-hydrogen) atoms. The van der Waals surface area contributed by atoms with Gasteiger partial charge in [0.05, 0.1) is 4.92 Å². The Bertz CT molecular complexity index is 531. The summed E-state index contributed by atoms with van der Waals surface area (Å²) in [5.74, 6) is 0. The molecule has 0 aliphatic rings. The minimum Gasteiger partial charge on any atom is -0.379 e. The van der Waals surface area contributed by atoms with Crippen molar-refractivity contribution in [2.45, 2.75) is 6.42 Å². The maximum atomic E-state index is 10.8. The lowest BCUT2D eigenvalue weighted by Crippen LogP contribution is -2.07. The number of rotatable bonds is 5. The number of anilines is 1. The molecule has 0 spiro atoms. The van der Waals surface area contributed by atoms with E-state index in [-0.39, 0.29) is 5.69 Å². The lowest BCUT2D eigenvalue weighted by Gasteiger charge is -2.06. The highest BCUT2D eigenvalue weighted by molar-refractivity contribution is 5.59. The Kier molecular flexibility index (Phi) is 3.80. The largest absolute Gasteiger partial charge is 0.379 e. The number of aromatic nitrogens is 2. The Morgan fingerprint density at radius 2 is 2.06 bits per heavy atom. The summed E-state index contributed by atoms with van der Waals surface area (Å²) in [7, 11) is 0. The summed E-state index contributed by atoms with van der Waals surface area (Å²) < 4.78 is 0. The topological polar surface area (TPSA) is 81.0 Å². The average Bonchev–Trinajstić information content (AvgIpc) is 2.40. The van der Waals surface area contributed by atoms with Crippen molar-refractivity contribution in [2.24, 2.45) is 0 Å². The molecule has 0 aromatic carbocycles. The van der Waals surface area contributed by atoms with Crippen molar-refractivity contribution in [3.63, 3.8) is 0 Å². The molecule has 0 radical (unpaired) electrons. The molecule has 2 rings (SSSR count). The van der Waals surface area contributed by atoms with E-state index in [2.05, 4.69) is 15.3 Å². The van der Waals surface area contributed by atoms with Crippen LogP contribution in [0.25, 0.3) is 0 Å². The zero-order valence-corrected chi connectivity index (χ0v) is 9.61. The van der Waals surface area contributed by atoms with Crippen molar-refractivity contribution in [1.29, 1.82) is 0 Å². The lowest BCUT2D eigenvalue weighted by molar-refractivity contribution is -0.384. The van der Waals surface area contributed by atoms with Gasteiger partial charge in [-0.15, -0.1) is 0 Å². The van der Waals surface area contributed by atoms with E-state index in [0.717, 1.165) is 12.0 Å². The Hall–Kier alpha value is -2.50. The zero-order chi connectivity index (χ0) is 12.8. The number of hydrogen-bond donors (Lipinski definition) is 1. The maximum absolute atomic E-state index is 10.8. The molecular formula is C12H12N4O2. The van der Waals surface area contributed by atoms with Crippen LogP contribution in [-0.4, -0.2) is 21.4 Å². The number of pyridine rings is 2. The van der Waals surface area contributed by atoms with E-state index in [4.69, 9.17) is 0 Å². The van der Waals surface area contributed by atoms with Gasteiger partial charge in [0.2, 0.25) is 0 Å². The van der Waals surface area contributed by atoms with Crippen molar-refractivity contribution >= 4 is 11.4 Å². The van der Waals surface area contributed by atoms with Gasteiger partial charge in [0.25, 0.3) is 0 Å². The van der Waals surface area contributed by atoms with Crippen LogP contribution in [0.1, 0.15) is 5.56 Å². The molecule has 0 atom stereocenters. The van der Waals surface area contributed by atoms with E-state index in [1.165, 1.54) is 12.4 Å². The maximum Gasteiger partial charge on any atom is 0.310 e. The number of nitrogens with zero attached hydrogens (tertiary/aromatic N) is 3. The molecule has 0 amide bonds. The van der Waals surface area contributed by atoms with Gasteiger partial charge in [0.15, 0.2) is 0 Å². The molecule has 0 fully saturated rings. The predicted molar refractivity (Wildman–Crippen MR) is 67.3 cm³/mol. The highest BCUT2D eigenvalue weighted by Crippen LogP contribution is 2.21. The van der Waals surface area contributed by atoms with Crippen LogP contribution in [-0.2, 0) is 6.42 Å². The summed E-state index contributed by atoms with van der Waals surface area (Å²) >= 11 is 0. The molecular weight excluding hydrogens is 232 g/mol. The predicted octanol–water partition coefficient (Wildman–Crippen LogP) is 2.04. The van der Waals surface area contributed by atoms with Gasteiger partial charge in [-0.3, -0.25) is 20.1 Å². The first-order chi connectivity index (χ1) is 8.77. The number of nitrogens with one attached hydrogen (secondary N) is 1. The Labute approximate surface area is 104 Å². The Morgan fingerprint density at radius 3 is 2.78 bits per heavy atom. The van der Waals surface area contributed by atoms with Crippen LogP contribution in [0.4, 0.5) is 11.4 Å². The fourth-order valence-corrected chi connectivity index (χ4v) is 1.57. The average molecular weight is 244 g/mol. The van der Waals surface area contributed by atoms with Crippen LogP contribution in [0.15, 0.2) is 43.0 Å². The third-order valence-electron chi connectivity index (χ3n) is 2.45. The van der Waals surface area contributed by atoms with E-state index in [1.807, 2.05) is 12.1 Å². The quantitative estimate of drug-likeness (QED) is 0.643. The first-order valence-electron chi connectivity index (χ1n) is 5.48. The Balaban J connectivity index is 1.97. The van der Waals surface area contributed by atoms with Crippen LogP contribution >= 0.6 is 0 Å². The zero-order valence-electron chi connectivity index (χ0n) is 9.61. The third-order valence-corrected chi connectivity index (χ3v) is 2.45. The van der Waals surface area contributed by atoms with Crippen molar-refractivity contribution in [1.82, 2.24) is 9.97 Å². The Morgan fingerprint density at radius 1 is 1.22 bits per heavy atom. The molecule has 0 aliphatic carbocycles. The molecule has 6 nitrogen and oxygen atoms in total. The molecule has 2 aromatic rings. The smallest absolute Gasteiger partial charge is 0.310 e. The second-order valence-corrected chi connectivity index (χ2v) is 3.69. The summed E-state index contributed by atoms with van der Waals surface area (Å²) in [5, 5.41) is 13.8. The van der Waals surface area contributed by atoms with E-state index < -0.39 is 4.92 Å². The molecule has 0 saturated carbocycles. The monoisotopic (exact) mass is 244 g/mol.